The molecule has 1 fully saturated rings. The largest absolute Gasteiger partial charge is 0.477 e. The van der Waals surface area contributed by atoms with Crippen LogP contribution in [0.3, 0.4) is 0 Å². The summed E-state index contributed by atoms with van der Waals surface area (Å²) in [6.45, 7) is 4.00. The molecule has 1 atom stereocenters. The number of hydrogen-bond donors (Lipinski definition) is 4. The van der Waals surface area contributed by atoms with Crippen LogP contribution < -0.4 is 21.4 Å². The number of urea groups is 1. The zero-order valence-corrected chi connectivity index (χ0v) is 22.9. The van der Waals surface area contributed by atoms with Crippen molar-refractivity contribution in [3.63, 3.8) is 0 Å². The molecule has 0 spiro atoms. The fourth-order valence-corrected chi connectivity index (χ4v) is 5.48. The Kier molecular flexibility index (Phi) is 8.24. The van der Waals surface area contributed by atoms with Crippen LogP contribution in [0.15, 0.2) is 46.8 Å². The van der Waals surface area contributed by atoms with E-state index in [0.717, 1.165) is 16.7 Å². The molecule has 5 rings (SSSR count). The number of halogens is 3. The molecule has 0 saturated carbocycles. The van der Waals surface area contributed by atoms with Gasteiger partial charge in [-0.15, -0.1) is 11.3 Å². The number of carboxylic acid groups (broad SMARTS) is 1. The Morgan fingerprint density at radius 3 is 2.74 bits per heavy atom. The first-order valence-electron chi connectivity index (χ1n) is 12.8. The Morgan fingerprint density at radius 2 is 2.07 bits per heavy atom. The zero-order chi connectivity index (χ0) is 30.0. The Balaban J connectivity index is 1.65. The van der Waals surface area contributed by atoms with E-state index in [2.05, 4.69) is 25.9 Å². The first kappa shape index (κ1) is 29.2. The normalized spacial score (nSPS) is 15.5. The van der Waals surface area contributed by atoms with Crippen LogP contribution in [0.1, 0.15) is 23.0 Å². The number of anilines is 1. The van der Waals surface area contributed by atoms with Crippen molar-refractivity contribution in [2.75, 3.05) is 31.6 Å². The van der Waals surface area contributed by atoms with E-state index in [0.29, 0.717) is 49.5 Å². The lowest BCUT2D eigenvalue weighted by molar-refractivity contribution is -0.140. The van der Waals surface area contributed by atoms with Crippen molar-refractivity contribution in [2.45, 2.75) is 25.7 Å². The van der Waals surface area contributed by atoms with Crippen molar-refractivity contribution < 1.29 is 32.6 Å². The molecule has 15 heteroatoms. The summed E-state index contributed by atoms with van der Waals surface area (Å²) in [5.41, 5.74) is -0.781. The van der Waals surface area contributed by atoms with E-state index in [9.17, 15) is 32.7 Å². The number of benzene rings is 1. The Bertz CT molecular complexity index is 1710. The van der Waals surface area contributed by atoms with Crippen LogP contribution in [-0.2, 0) is 17.5 Å². The molecule has 4 N–H and O–H groups in total. The number of hydrogen-bond acceptors (Lipinski definition) is 8. The minimum absolute atomic E-state index is 0.0128. The summed E-state index contributed by atoms with van der Waals surface area (Å²) < 4.78 is 47.3. The second kappa shape index (κ2) is 11.9. The molecule has 11 nitrogen and oxygen atoms in total. The number of carbonyl (C=O) groups is 2. The summed E-state index contributed by atoms with van der Waals surface area (Å²) in [6, 6.07) is 5.53. The molecular formula is C27H25F3N6O5S. The van der Waals surface area contributed by atoms with E-state index in [1.54, 1.807) is 23.6 Å². The number of nitrogens with zero attached hydrogens (tertiary/aromatic N) is 3. The van der Waals surface area contributed by atoms with Crippen LogP contribution in [0.5, 0.6) is 0 Å². The van der Waals surface area contributed by atoms with Crippen LogP contribution >= 0.6 is 11.3 Å². The number of amides is 2. The fourth-order valence-electron chi connectivity index (χ4n) is 4.62. The minimum atomic E-state index is -4.66. The van der Waals surface area contributed by atoms with E-state index in [-0.39, 0.29) is 27.8 Å². The number of thiazole rings is 1. The van der Waals surface area contributed by atoms with Gasteiger partial charge in [-0.3, -0.25) is 10.1 Å². The van der Waals surface area contributed by atoms with Gasteiger partial charge < -0.3 is 25.0 Å². The maximum Gasteiger partial charge on any atom is 0.434 e. The number of carbonyl (C=O) groups excluding carboxylic acids is 1. The van der Waals surface area contributed by atoms with Gasteiger partial charge in [0.15, 0.2) is 5.69 Å². The number of carboxylic acids is 1. The van der Waals surface area contributed by atoms with Crippen molar-refractivity contribution in [3.05, 3.63) is 63.5 Å². The van der Waals surface area contributed by atoms with Crippen molar-refractivity contribution in [1.29, 1.82) is 0 Å². The van der Waals surface area contributed by atoms with Gasteiger partial charge in [0, 0.05) is 60.0 Å². The summed E-state index contributed by atoms with van der Waals surface area (Å²) in [6.07, 6.45) is -2.01. The molecule has 0 bridgehead atoms. The van der Waals surface area contributed by atoms with Crippen molar-refractivity contribution in [1.82, 2.24) is 25.2 Å². The first-order chi connectivity index (χ1) is 20.0. The number of aromatic nitrogens is 3. The highest BCUT2D eigenvalue weighted by Crippen LogP contribution is 2.39. The smallest absolute Gasteiger partial charge is 0.434 e. The number of nitrogens with one attached hydrogen (secondary N) is 3. The zero-order valence-electron chi connectivity index (χ0n) is 22.1. The van der Waals surface area contributed by atoms with Crippen LogP contribution in [0.4, 0.5) is 23.8 Å². The first-order valence-corrected chi connectivity index (χ1v) is 13.7. The van der Waals surface area contributed by atoms with Gasteiger partial charge >= 0.3 is 18.2 Å². The molecule has 1 saturated heterocycles. The molecule has 4 aromatic rings. The Hall–Kier alpha value is -4.34. The molecule has 1 unspecified atom stereocenters. The monoisotopic (exact) mass is 602 g/mol. The fraction of sp³-hybridized carbons (Fsp3) is 0.296. The van der Waals surface area contributed by atoms with Gasteiger partial charge in [0.1, 0.15) is 16.4 Å². The average Bonchev–Trinajstić information content (AvgIpc) is 3.46. The predicted octanol–water partition coefficient (Wildman–Crippen LogP) is 4.03. The third-order valence-corrected chi connectivity index (χ3v) is 7.42. The van der Waals surface area contributed by atoms with Crippen LogP contribution in [0.25, 0.3) is 32.6 Å². The quantitative estimate of drug-likeness (QED) is 0.248. The summed E-state index contributed by atoms with van der Waals surface area (Å²) in [7, 11) is 0. The van der Waals surface area contributed by atoms with Crippen molar-refractivity contribution in [2.24, 2.45) is 0 Å². The summed E-state index contributed by atoms with van der Waals surface area (Å²) in [5.74, 6) is -1.32. The molecule has 220 valence electrons. The maximum atomic E-state index is 13.4. The molecule has 1 aromatic carbocycles. The van der Waals surface area contributed by atoms with Crippen LogP contribution in [-0.4, -0.2) is 64.0 Å². The second-order valence-electron chi connectivity index (χ2n) is 9.42. The molecule has 42 heavy (non-hydrogen) atoms. The maximum absolute atomic E-state index is 13.4. The minimum Gasteiger partial charge on any atom is -0.477 e. The van der Waals surface area contributed by atoms with E-state index < -0.39 is 34.9 Å². The molecule has 3 aromatic heterocycles. The summed E-state index contributed by atoms with van der Waals surface area (Å²) in [4.78, 5) is 45.3. The van der Waals surface area contributed by atoms with Gasteiger partial charge in [-0.2, -0.15) is 13.2 Å². The van der Waals surface area contributed by atoms with E-state index in [1.165, 1.54) is 24.5 Å². The lowest BCUT2D eigenvalue weighted by atomic mass is 9.99. The number of aromatic carboxylic acids is 1. The number of fused-ring (bicyclic) bond motifs is 1. The lowest BCUT2D eigenvalue weighted by Crippen LogP contribution is -2.44. The highest BCUT2D eigenvalue weighted by molar-refractivity contribution is 7.13. The summed E-state index contributed by atoms with van der Waals surface area (Å²) >= 11 is 0.762. The molecule has 1 aliphatic rings. The number of alkyl halides is 3. The number of morpholine rings is 1. The SMILES string of the molecule is CCNC(=O)Nc1cc(-c2nc(C(F)(F)F)cs2)c(-c2ccc3c(c2)c(=O)c(C(=O)O)cn3CC2COCCN2)cn1. The van der Waals surface area contributed by atoms with E-state index >= 15 is 0 Å². The molecular weight excluding hydrogens is 577 g/mol. The number of ether oxygens (including phenoxy) is 1. The van der Waals surface area contributed by atoms with Gasteiger partial charge in [-0.05, 0) is 30.7 Å². The van der Waals surface area contributed by atoms with Crippen LogP contribution in [0.2, 0.25) is 0 Å². The third-order valence-electron chi connectivity index (χ3n) is 6.55. The van der Waals surface area contributed by atoms with Gasteiger partial charge in [-0.1, -0.05) is 6.07 Å². The van der Waals surface area contributed by atoms with Crippen LogP contribution in [0, 0.1) is 0 Å². The van der Waals surface area contributed by atoms with Gasteiger partial charge in [-0.25, -0.2) is 19.6 Å². The highest BCUT2D eigenvalue weighted by atomic mass is 32.1. The van der Waals surface area contributed by atoms with Crippen molar-refractivity contribution in [3.8, 4) is 21.7 Å². The topological polar surface area (TPSA) is 147 Å². The van der Waals surface area contributed by atoms with Gasteiger partial charge in [0.2, 0.25) is 5.43 Å². The van der Waals surface area contributed by atoms with Crippen molar-refractivity contribution >= 4 is 40.1 Å². The number of rotatable bonds is 7. The Labute approximate surface area is 240 Å². The second-order valence-corrected chi connectivity index (χ2v) is 10.3. The molecule has 0 radical (unpaired) electrons. The number of pyridine rings is 2. The Morgan fingerprint density at radius 1 is 1.26 bits per heavy atom. The van der Waals surface area contributed by atoms with E-state index in [1.807, 2.05) is 0 Å². The van der Waals surface area contributed by atoms with Gasteiger partial charge in [0.05, 0.1) is 18.7 Å². The molecule has 0 aliphatic carbocycles. The lowest BCUT2D eigenvalue weighted by Gasteiger charge is -2.25. The standard InChI is InChI=1S/C27H25F3N6O5S/c1-2-31-26(40)35-22-8-16(24-34-21(13-42-24)27(28,29)30)18(9-33-22)14-3-4-20-17(7-14)23(37)19(25(38)39)11-36(20)10-15-12-41-6-5-32-15/h3-4,7-9,11,13,15,32H,2,5-6,10,12H2,1H3,(H,38,39)(H2,31,33,35,40). The van der Waals surface area contributed by atoms with E-state index in [4.69, 9.17) is 4.74 Å². The van der Waals surface area contributed by atoms with Gasteiger partial charge in [0.25, 0.3) is 0 Å². The predicted molar refractivity (Wildman–Crippen MR) is 150 cm³/mol. The third kappa shape index (κ3) is 6.12. The summed E-state index contributed by atoms with van der Waals surface area (Å²) in [5, 5.41) is 19.1. The highest BCUT2D eigenvalue weighted by Gasteiger charge is 2.34. The molecule has 1 aliphatic heterocycles. The molecule has 4 heterocycles. The average molecular weight is 603 g/mol. The molecule has 2 amide bonds.